The van der Waals surface area contributed by atoms with E-state index >= 15 is 0 Å². The molecule has 11 atom stereocenters. The predicted molar refractivity (Wildman–Crippen MR) is 301 cm³/mol. The lowest BCUT2D eigenvalue weighted by Crippen LogP contribution is -2.54. The molecule has 0 saturated carbocycles. The van der Waals surface area contributed by atoms with Crippen LogP contribution < -0.4 is 10.6 Å². The number of amides is 2. The van der Waals surface area contributed by atoms with E-state index in [0.29, 0.717) is 10.7 Å². The van der Waals surface area contributed by atoms with Crippen molar-refractivity contribution >= 4 is 81.4 Å². The number of fused-ring (bicyclic) bond motifs is 1. The summed E-state index contributed by atoms with van der Waals surface area (Å²) in [6, 6.07) is 10.6. The van der Waals surface area contributed by atoms with Crippen LogP contribution in [0, 0.1) is 37.1 Å². The van der Waals surface area contributed by atoms with E-state index in [1.165, 1.54) is 38.6 Å². The summed E-state index contributed by atoms with van der Waals surface area (Å²) in [5.74, 6) is -5.13. The van der Waals surface area contributed by atoms with Gasteiger partial charge >= 0.3 is 0 Å². The number of carbonyl (C=O) groups is 2. The fourth-order valence-corrected chi connectivity index (χ4v) is 11.4. The van der Waals surface area contributed by atoms with Crippen LogP contribution in [0.2, 0.25) is 30.1 Å². The third-order valence-corrected chi connectivity index (χ3v) is 16.2. The molecule has 0 radical (unpaired) electrons. The second-order valence-electron chi connectivity index (χ2n) is 20.1. The Morgan fingerprint density at radius 3 is 1.56 bits per heavy atom. The molecular formula is C53H46Cl6F4N14O10. The van der Waals surface area contributed by atoms with Gasteiger partial charge in [0.05, 0.1) is 47.0 Å². The maximum Gasteiger partial charge on any atom is 0.246 e. The van der Waals surface area contributed by atoms with Crippen molar-refractivity contribution in [1.82, 2.24) is 70.2 Å². The number of aliphatic hydroxyl groups is 3. The summed E-state index contributed by atoms with van der Waals surface area (Å²) in [6.45, 7) is 0.422. The standard InChI is InChI=1S/C53H46Cl6F4N14O10/c1-21-66-52(76(70-21)35-13-25(54)3-5-27(35)56)50-47(43(45(82)38(17-78)86-50)74-15-33(68-72-74)23-9-29(60)41(58)30(61)10-23)84-19-39(80)64-7-8-65-40(81)20-85-49-44(75-16-34(69-73-75)24-11-31(62)42(59)32(63)12-24)48-46(37(79)18-83-48)87-51(49)53-67-22(2)71-77(53)36-14-26(55)4-6-28(36)57/h3-6,9-16,37-38,43-51,78-79,82H,7-8,17-20H2,1-2H3,(H,64,80)(H,65,81). The number of ether oxygens (including phenoxy) is 5. The third kappa shape index (κ3) is 12.8. The van der Waals surface area contributed by atoms with Crippen LogP contribution in [0.4, 0.5) is 17.6 Å². The Morgan fingerprint density at radius 2 is 1.09 bits per heavy atom. The van der Waals surface area contributed by atoms with Crippen LogP contribution in [0.15, 0.2) is 73.1 Å². The van der Waals surface area contributed by atoms with Gasteiger partial charge in [-0.2, -0.15) is 10.2 Å². The van der Waals surface area contributed by atoms with Crippen LogP contribution in [0.5, 0.6) is 0 Å². The molecule has 8 aromatic rings. The Balaban J connectivity index is 0.825. The van der Waals surface area contributed by atoms with E-state index in [4.69, 9.17) is 93.3 Å². The highest BCUT2D eigenvalue weighted by Gasteiger charge is 2.56. The van der Waals surface area contributed by atoms with Crippen LogP contribution in [0.1, 0.15) is 47.6 Å². The Kier molecular flexibility index (Phi) is 18.5. The van der Waals surface area contributed by atoms with Crippen LogP contribution in [0.25, 0.3) is 33.9 Å². The largest absolute Gasteiger partial charge is 0.394 e. The Morgan fingerprint density at radius 1 is 0.644 bits per heavy atom. The molecule has 458 valence electrons. The number of aromatic nitrogens is 12. The summed E-state index contributed by atoms with van der Waals surface area (Å²) in [6.07, 6.45) is -9.12. The molecule has 11 rings (SSSR count). The first kappa shape index (κ1) is 62.1. The first-order valence-corrected chi connectivity index (χ1v) is 28.5. The first-order valence-electron chi connectivity index (χ1n) is 26.2. The van der Waals surface area contributed by atoms with Gasteiger partial charge in [0.1, 0.15) is 137 Å². The number of carbonyl (C=O) groups excluding carboxylic acids is 2. The van der Waals surface area contributed by atoms with Crippen LogP contribution in [-0.4, -0.2) is 169 Å². The Hall–Kier alpha value is -6.48. The zero-order valence-corrected chi connectivity index (χ0v) is 49.4. The summed E-state index contributed by atoms with van der Waals surface area (Å²) in [4.78, 5) is 36.8. The fraction of sp³-hybridized carbons (Fsp3) is 0.358. The lowest BCUT2D eigenvalue weighted by atomic mass is 9.90. The van der Waals surface area contributed by atoms with Crippen molar-refractivity contribution in [3.63, 3.8) is 0 Å². The van der Waals surface area contributed by atoms with E-state index in [-0.39, 0.29) is 86.3 Å². The van der Waals surface area contributed by atoms with Gasteiger partial charge in [0.2, 0.25) is 11.8 Å². The van der Waals surface area contributed by atoms with Gasteiger partial charge in [0.25, 0.3) is 0 Å². The SMILES string of the molecule is Cc1nc(C2OC(CO)C(O)C(n3cc(-c4cc(F)c(Cl)c(F)c4)nn3)C2OCC(=O)NCCNC(=O)COC2C(c3nc(C)nn3-c3cc(Cl)ccc3Cl)OC3C(O)COC3C2n2cc(-c3cc(F)c(Cl)c(F)c3)nn2)n(-c2cc(Cl)ccc2Cl)n1. The molecule has 4 aromatic heterocycles. The number of halogens is 10. The summed E-state index contributed by atoms with van der Waals surface area (Å²) < 4.78 is 95.6. The normalized spacial score (nSPS) is 23.7. The van der Waals surface area contributed by atoms with Crippen LogP contribution >= 0.6 is 69.6 Å². The third-order valence-electron chi connectivity index (χ3n) is 14.3. The molecular weight excluding hydrogens is 1280 g/mol. The molecule has 0 aliphatic carbocycles. The van der Waals surface area contributed by atoms with Crippen molar-refractivity contribution in [3.05, 3.63) is 150 Å². The highest BCUT2D eigenvalue weighted by Crippen LogP contribution is 2.46. The number of nitrogens with zero attached hydrogens (tertiary/aromatic N) is 12. The Bertz CT molecular complexity index is 3860. The highest BCUT2D eigenvalue weighted by atomic mass is 35.5. The second kappa shape index (κ2) is 25.9. The zero-order valence-electron chi connectivity index (χ0n) is 44.9. The molecule has 3 fully saturated rings. The summed E-state index contributed by atoms with van der Waals surface area (Å²) in [5, 5.41) is 64.3. The number of nitrogens with one attached hydrogen (secondary N) is 2. The van der Waals surface area contributed by atoms with E-state index in [1.54, 1.807) is 38.1 Å². The van der Waals surface area contributed by atoms with Crippen molar-refractivity contribution in [1.29, 1.82) is 0 Å². The number of hydrogen-bond acceptors (Lipinski definition) is 18. The minimum atomic E-state index is -1.65. The first-order chi connectivity index (χ1) is 41.6. The number of benzene rings is 4. The number of hydrogen-bond donors (Lipinski definition) is 5. The molecule has 3 aliphatic heterocycles. The molecule has 0 bridgehead atoms. The topological polar surface area (TPSA) is 288 Å². The van der Waals surface area contributed by atoms with Gasteiger partial charge in [-0.3, -0.25) is 9.59 Å². The lowest BCUT2D eigenvalue weighted by molar-refractivity contribution is -0.223. The van der Waals surface area contributed by atoms with Crippen molar-refractivity contribution in [3.8, 4) is 33.9 Å². The monoisotopic (exact) mass is 1320 g/mol. The molecule has 3 aliphatic rings. The molecule has 87 heavy (non-hydrogen) atoms. The molecule has 7 heterocycles. The number of rotatable bonds is 18. The quantitative estimate of drug-likeness (QED) is 0.0342. The minimum Gasteiger partial charge on any atom is -0.394 e. The lowest BCUT2D eigenvalue weighted by Gasteiger charge is -2.43. The summed E-state index contributed by atoms with van der Waals surface area (Å²) in [7, 11) is 0. The van der Waals surface area contributed by atoms with E-state index in [0.717, 1.165) is 28.9 Å². The van der Waals surface area contributed by atoms with Gasteiger partial charge in [-0.25, -0.2) is 46.3 Å². The minimum absolute atomic E-state index is 0.00580. The Labute approximate surface area is 519 Å². The summed E-state index contributed by atoms with van der Waals surface area (Å²) in [5.41, 5.74) is 0.397. The summed E-state index contributed by atoms with van der Waals surface area (Å²) >= 11 is 37.6. The smallest absolute Gasteiger partial charge is 0.246 e. The van der Waals surface area contributed by atoms with E-state index < -0.39 is 132 Å². The highest BCUT2D eigenvalue weighted by molar-refractivity contribution is 6.35. The molecule has 3 saturated heterocycles. The molecule has 0 spiro atoms. The fourth-order valence-electron chi connectivity index (χ4n) is 10.4. The van der Waals surface area contributed by atoms with E-state index in [1.807, 2.05) is 0 Å². The van der Waals surface area contributed by atoms with Gasteiger partial charge < -0.3 is 49.6 Å². The van der Waals surface area contributed by atoms with Crippen LogP contribution in [-0.2, 0) is 33.3 Å². The maximum absolute atomic E-state index is 14.7. The molecule has 11 unspecified atom stereocenters. The number of aliphatic hydroxyl groups excluding tert-OH is 3. The average molecular weight is 1330 g/mol. The van der Waals surface area contributed by atoms with Gasteiger partial charge in [0, 0.05) is 34.3 Å². The number of aryl methyl sites for hydroxylation is 2. The van der Waals surface area contributed by atoms with Gasteiger partial charge in [0.15, 0.2) is 11.6 Å². The zero-order chi connectivity index (χ0) is 61.7. The molecule has 4 aromatic carbocycles. The predicted octanol–water partition coefficient (Wildman–Crippen LogP) is 6.64. The average Bonchev–Trinajstić information content (AvgIpc) is 1.89. The van der Waals surface area contributed by atoms with E-state index in [9.17, 15) is 42.5 Å². The van der Waals surface area contributed by atoms with Crippen molar-refractivity contribution in [2.24, 2.45) is 0 Å². The van der Waals surface area contributed by atoms with E-state index in [2.05, 4.69) is 51.4 Å². The van der Waals surface area contributed by atoms with Gasteiger partial charge in [-0.15, -0.1) is 10.2 Å². The van der Waals surface area contributed by atoms with Gasteiger partial charge in [-0.05, 0) is 74.5 Å². The van der Waals surface area contributed by atoms with Crippen molar-refractivity contribution < 1.29 is 66.2 Å². The molecule has 5 N–H and O–H groups in total. The van der Waals surface area contributed by atoms with Crippen molar-refractivity contribution in [2.45, 2.75) is 80.9 Å². The van der Waals surface area contributed by atoms with Crippen LogP contribution in [0.3, 0.4) is 0 Å². The van der Waals surface area contributed by atoms with Gasteiger partial charge in [-0.1, -0.05) is 80.0 Å². The maximum atomic E-state index is 14.7. The molecule has 34 heteroatoms. The van der Waals surface area contributed by atoms with Crippen molar-refractivity contribution in [2.75, 3.05) is 39.5 Å². The molecule has 24 nitrogen and oxygen atoms in total. The molecule has 2 amide bonds. The second-order valence-corrected chi connectivity index (χ2v) is 22.6.